The van der Waals surface area contributed by atoms with Crippen LogP contribution in [0.2, 0.25) is 0 Å². The minimum Gasteiger partial charge on any atom is -0.338 e. The summed E-state index contributed by atoms with van der Waals surface area (Å²) in [7, 11) is 5.90. The molecule has 0 N–H and O–H groups in total. The first-order valence-corrected chi connectivity index (χ1v) is 11.3. The van der Waals surface area contributed by atoms with Gasteiger partial charge in [-0.3, -0.25) is 19.4 Å². The summed E-state index contributed by atoms with van der Waals surface area (Å²) in [6.07, 6.45) is 4.08. The van der Waals surface area contributed by atoms with Gasteiger partial charge in [-0.1, -0.05) is 45.2 Å². The highest BCUT2D eigenvalue weighted by atomic mass is 16.2. The number of unbranched alkanes of at least 4 members (excludes halogenated alkanes) is 2. The quantitative estimate of drug-likeness (QED) is 0.740. The Hall–Kier alpha value is -1.92. The fraction of sp³-hybridized carbons (Fsp3) is 0.667. The molecule has 168 valence electrons. The number of carbonyl (C=O) groups is 2. The number of piperazine rings is 1. The average Bonchev–Trinajstić information content (AvgIpc) is 3.13. The minimum atomic E-state index is -0.129. The molecule has 6 nitrogen and oxygen atoms in total. The maximum Gasteiger partial charge on any atom is 0.254 e. The molecule has 2 heterocycles. The first-order chi connectivity index (χ1) is 14.3. The van der Waals surface area contributed by atoms with E-state index in [1.165, 1.54) is 24.8 Å². The summed E-state index contributed by atoms with van der Waals surface area (Å²) in [5.74, 6) is 0.235. The van der Waals surface area contributed by atoms with Gasteiger partial charge in [0.05, 0.1) is 6.04 Å². The first-order valence-electron chi connectivity index (χ1n) is 11.3. The molecule has 1 fully saturated rings. The SMILES string of the molecule is CC(C(=O)N1CCN(C(=O)c2cccc3c2CN(C)C3)CC1)N(C)C.CCCCC. The lowest BCUT2D eigenvalue weighted by atomic mass is 10.0. The van der Waals surface area contributed by atoms with Crippen molar-refractivity contribution in [2.75, 3.05) is 47.3 Å². The van der Waals surface area contributed by atoms with Gasteiger partial charge < -0.3 is 9.80 Å². The highest BCUT2D eigenvalue weighted by Gasteiger charge is 2.30. The van der Waals surface area contributed by atoms with Crippen LogP contribution in [0.1, 0.15) is 61.5 Å². The fourth-order valence-corrected chi connectivity index (χ4v) is 3.93. The third-order valence-corrected chi connectivity index (χ3v) is 6.09. The van der Waals surface area contributed by atoms with Gasteiger partial charge in [-0.2, -0.15) is 0 Å². The third kappa shape index (κ3) is 6.05. The van der Waals surface area contributed by atoms with E-state index in [2.05, 4.69) is 31.9 Å². The molecule has 1 saturated heterocycles. The zero-order valence-electron chi connectivity index (χ0n) is 19.8. The standard InChI is InChI=1S/C19H28N4O2.C5H12/c1-14(20(2)3)18(24)22-8-10-23(11-9-22)19(25)16-7-5-6-15-12-21(4)13-17(15)16;1-3-5-4-2/h5-7,14H,8-13H2,1-4H3;3-5H2,1-2H3. The summed E-state index contributed by atoms with van der Waals surface area (Å²) in [5.41, 5.74) is 3.24. The van der Waals surface area contributed by atoms with E-state index in [0.717, 1.165) is 24.2 Å². The van der Waals surface area contributed by atoms with E-state index in [0.29, 0.717) is 26.2 Å². The molecule has 1 unspecified atom stereocenters. The second-order valence-electron chi connectivity index (χ2n) is 8.73. The maximum atomic E-state index is 13.0. The monoisotopic (exact) mass is 416 g/mol. The Morgan fingerprint density at radius 3 is 2.13 bits per heavy atom. The van der Waals surface area contributed by atoms with Crippen LogP contribution < -0.4 is 0 Å². The smallest absolute Gasteiger partial charge is 0.254 e. The number of benzene rings is 1. The zero-order valence-corrected chi connectivity index (χ0v) is 19.8. The fourth-order valence-electron chi connectivity index (χ4n) is 3.93. The molecule has 0 radical (unpaired) electrons. The van der Waals surface area contributed by atoms with Gasteiger partial charge in [-0.05, 0) is 45.3 Å². The molecule has 0 saturated carbocycles. The lowest BCUT2D eigenvalue weighted by molar-refractivity contribution is -0.137. The van der Waals surface area contributed by atoms with Gasteiger partial charge in [0, 0.05) is 44.8 Å². The number of nitrogens with zero attached hydrogens (tertiary/aromatic N) is 4. The summed E-state index contributed by atoms with van der Waals surface area (Å²) in [6.45, 7) is 10.5. The highest BCUT2D eigenvalue weighted by molar-refractivity contribution is 5.96. The van der Waals surface area contributed by atoms with Crippen LogP contribution in [0, 0.1) is 0 Å². The lowest BCUT2D eigenvalue weighted by Gasteiger charge is -2.37. The van der Waals surface area contributed by atoms with Crippen LogP contribution in [0.25, 0.3) is 0 Å². The Labute approximate surface area is 182 Å². The van der Waals surface area contributed by atoms with Gasteiger partial charge >= 0.3 is 0 Å². The molecule has 2 aliphatic heterocycles. The molecule has 0 aromatic heterocycles. The van der Waals surface area contributed by atoms with Gasteiger partial charge in [0.2, 0.25) is 5.91 Å². The lowest BCUT2D eigenvalue weighted by Crippen LogP contribution is -2.54. The predicted molar refractivity (Wildman–Crippen MR) is 122 cm³/mol. The van der Waals surface area contributed by atoms with Crippen molar-refractivity contribution >= 4 is 11.8 Å². The Morgan fingerprint density at radius 2 is 1.60 bits per heavy atom. The Kier molecular flexibility index (Phi) is 9.31. The Balaban J connectivity index is 0.000000575. The maximum absolute atomic E-state index is 13.0. The summed E-state index contributed by atoms with van der Waals surface area (Å²) < 4.78 is 0. The zero-order chi connectivity index (χ0) is 22.3. The molecule has 6 heteroatoms. The molecule has 0 aliphatic carbocycles. The van der Waals surface area contributed by atoms with Gasteiger partial charge in [0.15, 0.2) is 0 Å². The summed E-state index contributed by atoms with van der Waals surface area (Å²) in [6, 6.07) is 5.89. The summed E-state index contributed by atoms with van der Waals surface area (Å²) >= 11 is 0. The molecule has 2 aliphatic rings. The van der Waals surface area contributed by atoms with Crippen LogP contribution in [0.4, 0.5) is 0 Å². The van der Waals surface area contributed by atoms with Gasteiger partial charge in [-0.25, -0.2) is 0 Å². The average molecular weight is 417 g/mol. The third-order valence-electron chi connectivity index (χ3n) is 6.09. The summed E-state index contributed by atoms with van der Waals surface area (Å²) in [5, 5.41) is 0. The van der Waals surface area contributed by atoms with Crippen LogP contribution in [0.15, 0.2) is 18.2 Å². The number of rotatable bonds is 5. The molecule has 3 rings (SSSR count). The van der Waals surface area contributed by atoms with Gasteiger partial charge in [-0.15, -0.1) is 0 Å². The molecule has 1 atom stereocenters. The molecule has 0 spiro atoms. The molecule has 1 aromatic rings. The van der Waals surface area contributed by atoms with E-state index in [9.17, 15) is 9.59 Å². The van der Waals surface area contributed by atoms with Crippen molar-refractivity contribution in [1.82, 2.24) is 19.6 Å². The molecule has 2 amide bonds. The molecule has 0 bridgehead atoms. The second-order valence-corrected chi connectivity index (χ2v) is 8.73. The number of hydrogen-bond donors (Lipinski definition) is 0. The Bertz CT molecular complexity index is 709. The van der Waals surface area contributed by atoms with Crippen molar-refractivity contribution in [2.45, 2.75) is 59.2 Å². The second kappa shape index (κ2) is 11.5. The predicted octanol–water partition coefficient (Wildman–Crippen LogP) is 3.06. The highest BCUT2D eigenvalue weighted by Crippen LogP contribution is 2.26. The van der Waals surface area contributed by atoms with Crippen molar-refractivity contribution in [2.24, 2.45) is 0 Å². The minimum absolute atomic E-state index is 0.0971. The number of likely N-dealkylation sites (N-methyl/N-ethyl adjacent to an activating group) is 1. The van der Waals surface area contributed by atoms with Crippen molar-refractivity contribution < 1.29 is 9.59 Å². The number of amides is 2. The van der Waals surface area contributed by atoms with E-state index >= 15 is 0 Å². The van der Waals surface area contributed by atoms with Crippen molar-refractivity contribution in [3.05, 3.63) is 34.9 Å². The van der Waals surface area contributed by atoms with Crippen molar-refractivity contribution in [3.63, 3.8) is 0 Å². The van der Waals surface area contributed by atoms with Crippen molar-refractivity contribution in [1.29, 1.82) is 0 Å². The normalized spacial score (nSPS) is 17.4. The van der Waals surface area contributed by atoms with E-state index < -0.39 is 0 Å². The van der Waals surface area contributed by atoms with Crippen LogP contribution >= 0.6 is 0 Å². The van der Waals surface area contributed by atoms with E-state index in [4.69, 9.17) is 0 Å². The van der Waals surface area contributed by atoms with Crippen LogP contribution in [0.5, 0.6) is 0 Å². The number of hydrogen-bond acceptors (Lipinski definition) is 4. The Morgan fingerprint density at radius 1 is 1.00 bits per heavy atom. The molecule has 30 heavy (non-hydrogen) atoms. The molecule has 1 aromatic carbocycles. The van der Waals surface area contributed by atoms with E-state index in [1.807, 2.05) is 47.9 Å². The van der Waals surface area contributed by atoms with Crippen LogP contribution in [0.3, 0.4) is 0 Å². The molecular formula is C24H40N4O2. The van der Waals surface area contributed by atoms with Crippen LogP contribution in [-0.2, 0) is 17.9 Å². The number of carbonyl (C=O) groups excluding carboxylic acids is 2. The van der Waals surface area contributed by atoms with Crippen molar-refractivity contribution in [3.8, 4) is 0 Å². The van der Waals surface area contributed by atoms with Gasteiger partial charge in [0.25, 0.3) is 5.91 Å². The largest absolute Gasteiger partial charge is 0.338 e. The van der Waals surface area contributed by atoms with Gasteiger partial charge in [0.1, 0.15) is 0 Å². The first kappa shape index (κ1) is 24.4. The molecular weight excluding hydrogens is 376 g/mol. The van der Waals surface area contributed by atoms with Crippen LogP contribution in [-0.4, -0.2) is 84.8 Å². The topological polar surface area (TPSA) is 47.1 Å². The van der Waals surface area contributed by atoms with E-state index in [-0.39, 0.29) is 17.9 Å². The van der Waals surface area contributed by atoms with E-state index in [1.54, 1.807) is 0 Å². The summed E-state index contributed by atoms with van der Waals surface area (Å²) in [4.78, 5) is 33.3. The number of fused-ring (bicyclic) bond motifs is 1.